The average molecular weight is 488 g/mol. The van der Waals surface area contributed by atoms with Gasteiger partial charge in [-0.3, -0.25) is 4.40 Å². The molecule has 0 radical (unpaired) electrons. The lowest BCUT2D eigenvalue weighted by Gasteiger charge is -2.34. The van der Waals surface area contributed by atoms with Gasteiger partial charge in [-0.2, -0.15) is 0 Å². The van der Waals surface area contributed by atoms with E-state index in [2.05, 4.69) is 99.4 Å². The Bertz CT molecular complexity index is 1600. The summed E-state index contributed by atoms with van der Waals surface area (Å²) < 4.78 is 4.73. The molecule has 1 saturated heterocycles. The molecule has 1 unspecified atom stereocenters. The normalized spacial score (nSPS) is 18.1. The van der Waals surface area contributed by atoms with E-state index in [4.69, 9.17) is 10.7 Å². The lowest BCUT2D eigenvalue weighted by Crippen LogP contribution is -2.41. The molecule has 37 heavy (non-hydrogen) atoms. The zero-order chi connectivity index (χ0) is 24.9. The molecule has 0 spiro atoms. The first kappa shape index (κ1) is 22.4. The van der Waals surface area contributed by atoms with Crippen molar-refractivity contribution in [2.75, 3.05) is 13.1 Å². The van der Waals surface area contributed by atoms with Crippen LogP contribution in [0.3, 0.4) is 0 Å². The molecule has 7 rings (SSSR count). The number of rotatable bonds is 6. The molecule has 0 amide bonds. The Kier molecular flexibility index (Phi) is 5.40. The van der Waals surface area contributed by atoms with E-state index in [0.29, 0.717) is 0 Å². The summed E-state index contributed by atoms with van der Waals surface area (Å²) in [5.41, 5.74) is 15.2. The van der Waals surface area contributed by atoms with Crippen molar-refractivity contribution in [1.29, 1.82) is 0 Å². The van der Waals surface area contributed by atoms with E-state index < -0.39 is 0 Å². The summed E-state index contributed by atoms with van der Waals surface area (Å²) in [6, 6.07) is 26.3. The molecule has 3 aromatic heterocycles. The van der Waals surface area contributed by atoms with E-state index in [0.717, 1.165) is 66.7 Å². The molecule has 2 aromatic carbocycles. The first-order chi connectivity index (χ1) is 18.2. The first-order valence-electron chi connectivity index (χ1n) is 13.5. The minimum Gasteiger partial charge on any atom is -0.370 e. The zero-order valence-corrected chi connectivity index (χ0v) is 21.2. The van der Waals surface area contributed by atoms with E-state index in [1.165, 1.54) is 35.0 Å². The smallest absolute Gasteiger partial charge is 0.138 e. The van der Waals surface area contributed by atoms with Crippen LogP contribution < -0.4 is 5.73 Å². The van der Waals surface area contributed by atoms with Crippen molar-refractivity contribution < 1.29 is 0 Å². The summed E-state index contributed by atoms with van der Waals surface area (Å²) in [5, 5.41) is 1.27. The highest BCUT2D eigenvalue weighted by atomic mass is 15.2. The Balaban J connectivity index is 1.40. The Morgan fingerprint density at radius 2 is 1.78 bits per heavy atom. The number of nitrogens with zero attached hydrogens (tertiary/aromatic N) is 4. The molecule has 5 heteroatoms. The lowest BCUT2D eigenvalue weighted by molar-refractivity contribution is 0.296. The number of likely N-dealkylation sites (tertiary alicyclic amines) is 1. The highest BCUT2D eigenvalue weighted by molar-refractivity contribution is 5.91. The van der Waals surface area contributed by atoms with Gasteiger partial charge >= 0.3 is 0 Å². The van der Waals surface area contributed by atoms with E-state index >= 15 is 0 Å². The fourth-order valence-corrected chi connectivity index (χ4v) is 5.87. The molecule has 1 aliphatic carbocycles. The van der Waals surface area contributed by atoms with Gasteiger partial charge in [0.25, 0.3) is 0 Å². The predicted molar refractivity (Wildman–Crippen MR) is 152 cm³/mol. The largest absolute Gasteiger partial charge is 0.370 e. The van der Waals surface area contributed by atoms with Crippen molar-refractivity contribution in [3.8, 4) is 22.6 Å². The van der Waals surface area contributed by atoms with Gasteiger partial charge in [-0.1, -0.05) is 55.1 Å². The summed E-state index contributed by atoms with van der Waals surface area (Å²) in [4.78, 5) is 7.63. The summed E-state index contributed by atoms with van der Waals surface area (Å²) in [5.74, 6) is 0.762. The van der Waals surface area contributed by atoms with Gasteiger partial charge in [-0.15, -0.1) is 0 Å². The highest BCUT2D eigenvalue weighted by Gasteiger charge is 2.27. The number of benzene rings is 2. The van der Waals surface area contributed by atoms with Crippen LogP contribution in [-0.2, 0) is 6.54 Å². The fraction of sp³-hybridized carbons (Fsp3) is 0.281. The molecular formula is C32H33N5. The number of imidazole rings is 1. The maximum atomic E-state index is 6.27. The number of fused-ring (bicyclic) bond motifs is 2. The second-order valence-electron chi connectivity index (χ2n) is 10.8. The Morgan fingerprint density at radius 3 is 2.59 bits per heavy atom. The van der Waals surface area contributed by atoms with E-state index in [-0.39, 0.29) is 6.04 Å². The number of hydrogen-bond donors (Lipinski definition) is 1. The van der Waals surface area contributed by atoms with Gasteiger partial charge < -0.3 is 15.2 Å². The minimum atomic E-state index is 0.213. The Hall–Kier alpha value is -3.83. The lowest BCUT2D eigenvalue weighted by atomic mass is 10.0. The molecule has 5 aromatic rings. The van der Waals surface area contributed by atoms with Crippen molar-refractivity contribution in [2.24, 2.45) is 11.7 Å². The van der Waals surface area contributed by atoms with E-state index in [1.807, 2.05) is 0 Å². The summed E-state index contributed by atoms with van der Waals surface area (Å²) >= 11 is 0. The molecular weight excluding hydrogens is 454 g/mol. The summed E-state index contributed by atoms with van der Waals surface area (Å²) in [6.45, 7) is 7.36. The van der Waals surface area contributed by atoms with Crippen molar-refractivity contribution in [3.05, 3.63) is 91.1 Å². The van der Waals surface area contributed by atoms with Gasteiger partial charge in [0.15, 0.2) is 0 Å². The van der Waals surface area contributed by atoms with Crippen LogP contribution >= 0.6 is 0 Å². The standard InChI is InChI=1S/C32H33N5/c1-22(35-16-7-11-27(33)21-35)25-15-17-36-30(19-25)34-31(32(36)24-8-3-2-4-9-24)29-18-26-10-5-6-12-28(26)37(29)20-23-13-14-23/h2-6,8-10,12,15,17-19,23,27H,1,7,11,13-14,16,20-21,33H2. The molecule has 2 aliphatic rings. The number of pyridine rings is 1. The van der Waals surface area contributed by atoms with Crippen LogP contribution in [0.5, 0.6) is 0 Å². The van der Waals surface area contributed by atoms with Crippen LogP contribution in [0.15, 0.2) is 85.6 Å². The van der Waals surface area contributed by atoms with Gasteiger partial charge in [0.1, 0.15) is 11.3 Å². The fourth-order valence-electron chi connectivity index (χ4n) is 5.87. The molecule has 0 bridgehead atoms. The second kappa shape index (κ2) is 8.93. The molecule has 186 valence electrons. The number of para-hydroxylation sites is 1. The van der Waals surface area contributed by atoms with Gasteiger partial charge in [-0.25, -0.2) is 4.98 Å². The highest BCUT2D eigenvalue weighted by Crippen LogP contribution is 2.39. The van der Waals surface area contributed by atoms with Crippen LogP contribution in [0.25, 0.3) is 44.9 Å². The molecule has 1 saturated carbocycles. The third-order valence-corrected chi connectivity index (χ3v) is 8.04. The molecule has 2 fully saturated rings. The molecule has 5 nitrogen and oxygen atoms in total. The number of hydrogen-bond acceptors (Lipinski definition) is 3. The second-order valence-corrected chi connectivity index (χ2v) is 10.8. The van der Waals surface area contributed by atoms with Crippen molar-refractivity contribution >= 4 is 22.2 Å². The molecule has 1 aliphatic heterocycles. The third kappa shape index (κ3) is 4.04. The number of aromatic nitrogens is 3. The SMILES string of the molecule is C=C(c1ccn2c(-c3ccccc3)c(-c3cc4ccccc4n3CC3CC3)nc2c1)N1CCCC(N)C1. The zero-order valence-electron chi connectivity index (χ0n) is 21.2. The van der Waals surface area contributed by atoms with Crippen molar-refractivity contribution in [2.45, 2.75) is 38.3 Å². The number of piperidine rings is 1. The topological polar surface area (TPSA) is 51.5 Å². The van der Waals surface area contributed by atoms with Gasteiger partial charge in [-0.05, 0) is 55.9 Å². The minimum absolute atomic E-state index is 0.213. The Labute approximate surface area is 217 Å². The van der Waals surface area contributed by atoms with Crippen molar-refractivity contribution in [1.82, 2.24) is 18.9 Å². The van der Waals surface area contributed by atoms with Gasteiger partial charge in [0.05, 0.1) is 11.4 Å². The van der Waals surface area contributed by atoms with Crippen LogP contribution in [-0.4, -0.2) is 38.0 Å². The molecule has 4 heterocycles. The van der Waals surface area contributed by atoms with Gasteiger partial charge in [0.2, 0.25) is 0 Å². The maximum absolute atomic E-state index is 6.27. The van der Waals surface area contributed by atoms with Crippen molar-refractivity contribution in [3.63, 3.8) is 0 Å². The quantitative estimate of drug-likeness (QED) is 0.300. The monoisotopic (exact) mass is 487 g/mol. The van der Waals surface area contributed by atoms with E-state index in [9.17, 15) is 0 Å². The first-order valence-corrected chi connectivity index (χ1v) is 13.5. The molecule has 2 N–H and O–H groups in total. The summed E-state index contributed by atoms with van der Waals surface area (Å²) in [7, 11) is 0. The van der Waals surface area contributed by atoms with Crippen LogP contribution in [0.2, 0.25) is 0 Å². The third-order valence-electron chi connectivity index (χ3n) is 8.04. The predicted octanol–water partition coefficient (Wildman–Crippen LogP) is 6.43. The van der Waals surface area contributed by atoms with Gasteiger partial charge in [0, 0.05) is 59.6 Å². The van der Waals surface area contributed by atoms with Crippen LogP contribution in [0.1, 0.15) is 31.2 Å². The van der Waals surface area contributed by atoms with Crippen LogP contribution in [0, 0.1) is 5.92 Å². The van der Waals surface area contributed by atoms with Crippen LogP contribution in [0.4, 0.5) is 0 Å². The molecule has 1 atom stereocenters. The van der Waals surface area contributed by atoms with E-state index in [1.54, 1.807) is 0 Å². The maximum Gasteiger partial charge on any atom is 0.138 e. The summed E-state index contributed by atoms with van der Waals surface area (Å²) in [6.07, 6.45) is 6.98. The Morgan fingerprint density at radius 1 is 0.973 bits per heavy atom. The number of nitrogens with two attached hydrogens (primary N) is 1. The average Bonchev–Trinajstić information content (AvgIpc) is 3.57.